The van der Waals surface area contributed by atoms with Gasteiger partial charge in [0.1, 0.15) is 6.33 Å². The Morgan fingerprint density at radius 3 is 3.12 bits per heavy atom. The number of likely N-dealkylation sites (tertiary alicyclic amines) is 1. The molecule has 2 aromatic heterocycles. The van der Waals surface area contributed by atoms with Crippen LogP contribution in [0.4, 0.5) is 9.52 Å². The number of anilines is 1. The molecule has 0 radical (unpaired) electrons. The van der Waals surface area contributed by atoms with Gasteiger partial charge in [0.25, 0.3) is 0 Å². The maximum Gasteiger partial charge on any atom is 0.230 e. The summed E-state index contributed by atoms with van der Waals surface area (Å²) in [4.78, 5) is 25.9. The van der Waals surface area contributed by atoms with Gasteiger partial charge in [-0.1, -0.05) is 11.3 Å². The lowest BCUT2D eigenvalue weighted by atomic mass is 10.0. The van der Waals surface area contributed by atoms with Crippen molar-refractivity contribution in [1.82, 2.24) is 19.9 Å². The first-order valence-corrected chi connectivity index (χ1v) is 9.35. The highest BCUT2D eigenvalue weighted by atomic mass is 32.1. The molecule has 0 unspecified atom stereocenters. The van der Waals surface area contributed by atoms with E-state index in [1.165, 1.54) is 24.6 Å². The van der Waals surface area contributed by atoms with Crippen molar-refractivity contribution in [2.45, 2.75) is 32.7 Å². The van der Waals surface area contributed by atoms with Crippen molar-refractivity contribution < 1.29 is 13.9 Å². The summed E-state index contributed by atoms with van der Waals surface area (Å²) < 4.78 is 19.1. The van der Waals surface area contributed by atoms with Gasteiger partial charge in [0, 0.05) is 31.8 Å². The van der Waals surface area contributed by atoms with Gasteiger partial charge in [-0.25, -0.2) is 9.97 Å². The van der Waals surface area contributed by atoms with Crippen LogP contribution in [0.5, 0.6) is 5.88 Å². The standard InChI is InChI=1S/C17H22FN5O2S/c1-11(24)21-17-22-16(18)14(26-17)9-23-6-5-12(8-23)3-4-13-7-15(25-2)20-10-19-13/h7,10,12H,3-6,8-9H2,1-2H3,(H,21,22,24)/t12-/m0/s1. The number of halogens is 1. The molecule has 1 N–H and O–H groups in total. The number of nitrogens with one attached hydrogen (secondary N) is 1. The minimum Gasteiger partial charge on any atom is -0.481 e. The van der Waals surface area contributed by atoms with Crippen molar-refractivity contribution in [3.63, 3.8) is 0 Å². The molecule has 1 aliphatic rings. The smallest absolute Gasteiger partial charge is 0.230 e. The Labute approximate surface area is 155 Å². The van der Waals surface area contributed by atoms with E-state index in [1.807, 2.05) is 6.07 Å². The van der Waals surface area contributed by atoms with E-state index in [0.717, 1.165) is 38.0 Å². The summed E-state index contributed by atoms with van der Waals surface area (Å²) in [5.74, 6) is 0.406. The number of thiazole rings is 1. The van der Waals surface area contributed by atoms with Crippen LogP contribution >= 0.6 is 11.3 Å². The van der Waals surface area contributed by atoms with Crippen LogP contribution in [0.2, 0.25) is 0 Å². The van der Waals surface area contributed by atoms with Gasteiger partial charge in [0.15, 0.2) is 5.13 Å². The molecule has 26 heavy (non-hydrogen) atoms. The molecule has 0 bridgehead atoms. The second kappa shape index (κ2) is 8.50. The maximum atomic E-state index is 13.9. The monoisotopic (exact) mass is 379 g/mol. The minimum absolute atomic E-state index is 0.243. The van der Waals surface area contributed by atoms with E-state index in [4.69, 9.17) is 4.74 Å². The van der Waals surface area contributed by atoms with Gasteiger partial charge in [-0.2, -0.15) is 9.37 Å². The van der Waals surface area contributed by atoms with Gasteiger partial charge in [-0.15, -0.1) is 0 Å². The number of nitrogens with zero attached hydrogens (tertiary/aromatic N) is 4. The predicted molar refractivity (Wildman–Crippen MR) is 96.7 cm³/mol. The largest absolute Gasteiger partial charge is 0.481 e. The molecule has 1 amide bonds. The van der Waals surface area contributed by atoms with E-state index >= 15 is 0 Å². The van der Waals surface area contributed by atoms with Crippen LogP contribution in [0.1, 0.15) is 30.3 Å². The fraction of sp³-hybridized carbons (Fsp3) is 0.529. The number of aromatic nitrogens is 3. The topological polar surface area (TPSA) is 80.2 Å². The van der Waals surface area contributed by atoms with Gasteiger partial charge in [-0.3, -0.25) is 9.69 Å². The first kappa shape index (κ1) is 18.7. The molecule has 140 valence electrons. The fourth-order valence-corrected chi connectivity index (χ4v) is 4.04. The second-order valence-corrected chi connectivity index (χ2v) is 7.48. The Balaban J connectivity index is 1.49. The minimum atomic E-state index is -0.490. The van der Waals surface area contributed by atoms with Gasteiger partial charge in [0.05, 0.1) is 12.0 Å². The predicted octanol–water partition coefficient (Wildman–Crippen LogP) is 2.49. The molecule has 1 atom stereocenters. The molecule has 1 fully saturated rings. The first-order chi connectivity index (χ1) is 12.5. The Kier molecular flexibility index (Phi) is 6.10. The molecule has 3 rings (SSSR count). The quantitative estimate of drug-likeness (QED) is 0.796. The Hall–Kier alpha value is -2.13. The van der Waals surface area contributed by atoms with Crippen LogP contribution in [0.25, 0.3) is 0 Å². The number of aryl methyl sites for hydroxylation is 1. The summed E-state index contributed by atoms with van der Waals surface area (Å²) in [5.41, 5.74) is 0.976. The van der Waals surface area contributed by atoms with Crippen molar-refractivity contribution in [2.24, 2.45) is 5.92 Å². The Bertz CT molecular complexity index is 769. The third-order valence-corrected chi connectivity index (χ3v) is 5.32. The summed E-state index contributed by atoms with van der Waals surface area (Å²) in [6.07, 6.45) is 4.51. The summed E-state index contributed by atoms with van der Waals surface area (Å²) in [7, 11) is 1.59. The van der Waals surface area contributed by atoms with Crippen molar-refractivity contribution in [3.8, 4) is 5.88 Å². The zero-order valence-corrected chi connectivity index (χ0v) is 15.7. The van der Waals surface area contributed by atoms with Gasteiger partial charge < -0.3 is 10.1 Å². The van der Waals surface area contributed by atoms with Crippen LogP contribution in [0.3, 0.4) is 0 Å². The average molecular weight is 379 g/mol. The Morgan fingerprint density at radius 2 is 2.35 bits per heavy atom. The lowest BCUT2D eigenvalue weighted by molar-refractivity contribution is -0.114. The van der Waals surface area contributed by atoms with E-state index < -0.39 is 5.95 Å². The SMILES string of the molecule is COc1cc(CC[C@H]2CCN(Cc3sc(NC(C)=O)nc3F)C2)ncn1. The number of hydrogen-bond acceptors (Lipinski definition) is 7. The summed E-state index contributed by atoms with van der Waals surface area (Å²) >= 11 is 1.20. The summed E-state index contributed by atoms with van der Waals surface area (Å²) in [5, 5.41) is 2.85. The van der Waals surface area contributed by atoms with E-state index in [9.17, 15) is 9.18 Å². The normalized spacial score (nSPS) is 17.4. The van der Waals surface area contributed by atoms with Crippen LogP contribution in [-0.4, -0.2) is 46.0 Å². The molecular formula is C17H22FN5O2S. The lowest BCUT2D eigenvalue weighted by Gasteiger charge is -2.14. The van der Waals surface area contributed by atoms with Crippen LogP contribution in [0, 0.1) is 11.9 Å². The number of hydrogen-bond donors (Lipinski definition) is 1. The Morgan fingerprint density at radius 1 is 1.50 bits per heavy atom. The van der Waals surface area contributed by atoms with Crippen molar-refractivity contribution in [1.29, 1.82) is 0 Å². The van der Waals surface area contributed by atoms with Gasteiger partial charge in [0.2, 0.25) is 17.7 Å². The van der Waals surface area contributed by atoms with E-state index in [1.54, 1.807) is 7.11 Å². The van der Waals surface area contributed by atoms with Crippen molar-refractivity contribution >= 4 is 22.4 Å². The average Bonchev–Trinajstić information content (AvgIpc) is 3.19. The molecular weight excluding hydrogens is 357 g/mol. The van der Waals surface area contributed by atoms with Crippen LogP contribution in [-0.2, 0) is 17.8 Å². The van der Waals surface area contributed by atoms with E-state index in [2.05, 4.69) is 25.2 Å². The molecule has 7 nitrogen and oxygen atoms in total. The number of carbonyl (C=O) groups is 1. The molecule has 9 heteroatoms. The molecule has 1 saturated heterocycles. The number of ether oxygens (including phenoxy) is 1. The fourth-order valence-electron chi connectivity index (χ4n) is 3.11. The van der Waals surface area contributed by atoms with Crippen molar-refractivity contribution in [3.05, 3.63) is 28.9 Å². The number of methoxy groups -OCH3 is 1. The first-order valence-electron chi connectivity index (χ1n) is 8.53. The lowest BCUT2D eigenvalue weighted by Crippen LogP contribution is -2.20. The summed E-state index contributed by atoms with van der Waals surface area (Å²) in [6, 6.07) is 1.86. The van der Waals surface area contributed by atoms with Crippen LogP contribution in [0.15, 0.2) is 12.4 Å². The maximum absolute atomic E-state index is 13.9. The molecule has 0 aliphatic carbocycles. The molecule has 0 aromatic carbocycles. The highest BCUT2D eigenvalue weighted by Crippen LogP contribution is 2.27. The van der Waals surface area contributed by atoms with Gasteiger partial charge >= 0.3 is 0 Å². The second-order valence-electron chi connectivity index (χ2n) is 6.39. The molecule has 1 aliphatic heterocycles. The molecule has 3 heterocycles. The van der Waals surface area contributed by atoms with Crippen LogP contribution < -0.4 is 10.1 Å². The zero-order valence-electron chi connectivity index (χ0n) is 14.9. The highest BCUT2D eigenvalue weighted by molar-refractivity contribution is 7.15. The number of amides is 1. The zero-order chi connectivity index (χ0) is 18.5. The summed E-state index contributed by atoms with van der Waals surface area (Å²) in [6.45, 7) is 3.78. The number of carbonyl (C=O) groups excluding carboxylic acids is 1. The van der Waals surface area contributed by atoms with Gasteiger partial charge in [-0.05, 0) is 31.7 Å². The van der Waals surface area contributed by atoms with Crippen molar-refractivity contribution in [2.75, 3.05) is 25.5 Å². The molecule has 0 spiro atoms. The molecule has 0 saturated carbocycles. The molecule has 2 aromatic rings. The van der Waals surface area contributed by atoms with E-state index in [-0.39, 0.29) is 5.91 Å². The van der Waals surface area contributed by atoms with E-state index in [0.29, 0.717) is 28.4 Å². The third kappa shape index (κ3) is 4.95. The highest BCUT2D eigenvalue weighted by Gasteiger charge is 2.24. The number of rotatable bonds is 7. The third-order valence-electron chi connectivity index (χ3n) is 4.39.